The van der Waals surface area contributed by atoms with E-state index < -0.39 is 5.91 Å². The van der Waals surface area contributed by atoms with E-state index in [2.05, 4.69) is 0 Å². The van der Waals surface area contributed by atoms with Crippen LogP contribution in [0.3, 0.4) is 0 Å². The molecule has 2 saturated heterocycles. The number of carbonyl (C=O) groups excluding carboxylic acids is 3. The van der Waals surface area contributed by atoms with Crippen molar-refractivity contribution in [3.63, 3.8) is 0 Å². The molecule has 0 N–H and O–H groups in total. The number of piperidine rings is 1. The molecule has 8 heteroatoms. The number of thiocarbonyl (C=S) groups is 1. The van der Waals surface area contributed by atoms with E-state index in [1.54, 1.807) is 6.08 Å². The molecule has 128 valence electrons. The number of hydrogen-bond donors (Lipinski definition) is 0. The van der Waals surface area contributed by atoms with Crippen LogP contribution in [0.1, 0.15) is 18.9 Å². The number of thioether (sulfide) groups is 1. The fourth-order valence-electron chi connectivity index (χ4n) is 2.97. The molecule has 2 aliphatic heterocycles. The zero-order valence-electron chi connectivity index (χ0n) is 13.3. The maximum absolute atomic E-state index is 12.7. The lowest BCUT2D eigenvalue weighted by Crippen LogP contribution is -2.50. The molecule has 0 bridgehead atoms. The van der Waals surface area contributed by atoms with Crippen molar-refractivity contribution in [1.29, 1.82) is 0 Å². The van der Waals surface area contributed by atoms with E-state index in [1.165, 1.54) is 0 Å². The van der Waals surface area contributed by atoms with Crippen LogP contribution in [0, 0.1) is 11.8 Å². The molecule has 1 aliphatic carbocycles. The second-order valence-corrected chi connectivity index (χ2v) is 7.61. The Morgan fingerprint density at radius 1 is 1.16 bits per heavy atom. The molecule has 4 rings (SSSR count). The van der Waals surface area contributed by atoms with Gasteiger partial charge in [-0.1, -0.05) is 23.9 Å². The van der Waals surface area contributed by atoms with Gasteiger partial charge in [0.1, 0.15) is 5.75 Å². The molecule has 0 radical (unpaired) electrons. The van der Waals surface area contributed by atoms with Crippen molar-refractivity contribution in [2.24, 2.45) is 11.8 Å². The second-order valence-electron chi connectivity index (χ2n) is 5.93. The average Bonchev–Trinajstić information content (AvgIpc) is 3.29. The van der Waals surface area contributed by atoms with E-state index in [0.29, 0.717) is 17.9 Å². The minimum absolute atomic E-state index is 0.199. The van der Waals surface area contributed by atoms with Crippen molar-refractivity contribution in [3.8, 4) is 5.75 Å². The predicted octanol–water partition coefficient (Wildman–Crippen LogP) is 2.21. The normalized spacial score (nSPS) is 26.7. The van der Waals surface area contributed by atoms with Gasteiger partial charge in [-0.2, -0.15) is 10.0 Å². The molecule has 1 aromatic carbocycles. The first-order valence-electron chi connectivity index (χ1n) is 7.89. The molecular weight excluding hydrogens is 360 g/mol. The molecule has 0 unspecified atom stereocenters. The van der Waals surface area contributed by atoms with Crippen LogP contribution in [-0.2, 0) is 14.4 Å². The Balaban J connectivity index is 1.56. The predicted molar refractivity (Wildman–Crippen MR) is 96.1 cm³/mol. The van der Waals surface area contributed by atoms with E-state index in [-0.39, 0.29) is 28.0 Å². The van der Waals surface area contributed by atoms with Crippen molar-refractivity contribution in [2.45, 2.75) is 13.3 Å². The van der Waals surface area contributed by atoms with E-state index in [4.69, 9.17) is 17.0 Å². The Morgan fingerprint density at radius 2 is 1.80 bits per heavy atom. The number of imide groups is 1. The van der Waals surface area contributed by atoms with Crippen molar-refractivity contribution >= 4 is 52.1 Å². The van der Waals surface area contributed by atoms with Crippen LogP contribution in [0.25, 0.3) is 6.08 Å². The summed E-state index contributed by atoms with van der Waals surface area (Å²) in [5, 5.41) is 1.97. The summed E-state index contributed by atoms with van der Waals surface area (Å²) in [7, 11) is 0. The number of benzene rings is 1. The largest absolute Gasteiger partial charge is 0.494 e. The van der Waals surface area contributed by atoms with Crippen LogP contribution in [0.4, 0.5) is 0 Å². The molecule has 3 aliphatic rings. The van der Waals surface area contributed by atoms with Gasteiger partial charge in [0.15, 0.2) is 4.32 Å². The highest BCUT2D eigenvalue weighted by atomic mass is 32.2. The summed E-state index contributed by atoms with van der Waals surface area (Å²) >= 11 is 6.31. The molecule has 3 amide bonds. The van der Waals surface area contributed by atoms with Gasteiger partial charge < -0.3 is 4.74 Å². The maximum atomic E-state index is 12.7. The highest BCUT2D eigenvalue weighted by Crippen LogP contribution is 2.49. The number of hydrazine groups is 1. The number of rotatable bonds is 4. The molecular formula is C17H14N2O4S2. The zero-order valence-corrected chi connectivity index (χ0v) is 14.9. The standard InChI is InChI=1S/C17H14N2O4S2/c1-2-23-10-5-3-9(4-6-10)7-13-16(22)19(17(24)25-13)18-14(20)11-8-12(11)15(18)21/h3-7,11-12H,2,8H2,1H3/b13-7-/t11-,12+. The topological polar surface area (TPSA) is 66.9 Å². The molecule has 1 aromatic rings. The van der Waals surface area contributed by atoms with Gasteiger partial charge in [0.2, 0.25) is 0 Å². The minimum Gasteiger partial charge on any atom is -0.494 e. The van der Waals surface area contributed by atoms with Crippen molar-refractivity contribution in [1.82, 2.24) is 10.0 Å². The number of hydrogen-bond acceptors (Lipinski definition) is 6. The van der Waals surface area contributed by atoms with Crippen LogP contribution in [0.15, 0.2) is 29.2 Å². The molecule has 2 atom stereocenters. The third-order valence-corrected chi connectivity index (χ3v) is 5.59. The SMILES string of the molecule is CCOc1ccc(/C=C2\SC(=S)N(N3C(=O)[C@H]4C[C@H]4C3=O)C2=O)cc1. The Hall–Kier alpha value is -2.19. The van der Waals surface area contributed by atoms with Crippen LogP contribution in [0.2, 0.25) is 0 Å². The molecule has 25 heavy (non-hydrogen) atoms. The lowest BCUT2D eigenvalue weighted by atomic mass is 10.2. The molecule has 3 fully saturated rings. The van der Waals surface area contributed by atoms with Crippen LogP contribution in [-0.4, -0.2) is 38.7 Å². The second kappa shape index (κ2) is 5.96. The molecule has 2 heterocycles. The minimum atomic E-state index is -0.438. The van der Waals surface area contributed by atoms with E-state index in [0.717, 1.165) is 33.1 Å². The number of ether oxygens (including phenoxy) is 1. The maximum Gasteiger partial charge on any atom is 0.285 e. The number of fused-ring (bicyclic) bond motifs is 1. The third kappa shape index (κ3) is 2.65. The molecule has 6 nitrogen and oxygen atoms in total. The summed E-state index contributed by atoms with van der Waals surface area (Å²) in [4.78, 5) is 37.5. The number of nitrogens with zero attached hydrogens (tertiary/aromatic N) is 2. The Kier molecular flexibility index (Phi) is 3.88. The van der Waals surface area contributed by atoms with Gasteiger partial charge in [-0.15, -0.1) is 0 Å². The first kappa shape index (κ1) is 16.3. The van der Waals surface area contributed by atoms with E-state index in [9.17, 15) is 14.4 Å². The summed E-state index contributed by atoms with van der Waals surface area (Å²) in [6, 6.07) is 7.30. The van der Waals surface area contributed by atoms with Gasteiger partial charge in [0.05, 0.1) is 23.3 Å². The first-order valence-corrected chi connectivity index (χ1v) is 9.12. The first-order chi connectivity index (χ1) is 12.0. The summed E-state index contributed by atoms with van der Waals surface area (Å²) in [6.07, 6.45) is 2.28. The Bertz CT molecular complexity index is 814. The molecule has 1 saturated carbocycles. The monoisotopic (exact) mass is 374 g/mol. The van der Waals surface area contributed by atoms with Crippen molar-refractivity contribution in [2.75, 3.05) is 6.61 Å². The average molecular weight is 374 g/mol. The molecule has 0 aromatic heterocycles. The Morgan fingerprint density at radius 3 is 2.40 bits per heavy atom. The third-order valence-electron chi connectivity index (χ3n) is 4.30. The highest BCUT2D eigenvalue weighted by molar-refractivity contribution is 8.26. The van der Waals surface area contributed by atoms with E-state index >= 15 is 0 Å². The van der Waals surface area contributed by atoms with Crippen LogP contribution < -0.4 is 4.74 Å². The summed E-state index contributed by atoms with van der Waals surface area (Å²) < 4.78 is 5.59. The van der Waals surface area contributed by atoms with Crippen LogP contribution >= 0.6 is 24.0 Å². The van der Waals surface area contributed by atoms with Crippen LogP contribution in [0.5, 0.6) is 5.75 Å². The van der Waals surface area contributed by atoms with Gasteiger partial charge in [0, 0.05) is 0 Å². The highest BCUT2D eigenvalue weighted by Gasteiger charge is 2.62. The van der Waals surface area contributed by atoms with Crippen molar-refractivity contribution < 1.29 is 19.1 Å². The van der Waals surface area contributed by atoms with Gasteiger partial charge in [-0.25, -0.2) is 0 Å². The number of carbonyl (C=O) groups is 3. The van der Waals surface area contributed by atoms with Gasteiger partial charge in [0.25, 0.3) is 17.7 Å². The van der Waals surface area contributed by atoms with Crippen molar-refractivity contribution in [3.05, 3.63) is 34.7 Å². The van der Waals surface area contributed by atoms with E-state index in [1.807, 2.05) is 31.2 Å². The fourth-order valence-corrected chi connectivity index (χ4v) is 4.21. The number of amides is 3. The lowest BCUT2D eigenvalue weighted by Gasteiger charge is -2.25. The van der Waals surface area contributed by atoms with Gasteiger partial charge in [-0.3, -0.25) is 14.4 Å². The molecule has 0 spiro atoms. The summed E-state index contributed by atoms with van der Waals surface area (Å²) in [6.45, 7) is 2.49. The zero-order chi connectivity index (χ0) is 17.7. The summed E-state index contributed by atoms with van der Waals surface area (Å²) in [5.41, 5.74) is 0.811. The quantitative estimate of drug-likeness (QED) is 0.457. The van der Waals surface area contributed by atoms with Gasteiger partial charge >= 0.3 is 0 Å². The lowest BCUT2D eigenvalue weighted by molar-refractivity contribution is -0.160. The summed E-state index contributed by atoms with van der Waals surface area (Å²) in [5.74, 6) is -0.881. The fraction of sp³-hybridized carbons (Fsp3) is 0.294. The smallest absolute Gasteiger partial charge is 0.285 e. The van der Waals surface area contributed by atoms with Gasteiger partial charge in [-0.05, 0) is 49.3 Å². The Labute approximate surface area is 153 Å².